The second kappa shape index (κ2) is 7.30. The van der Waals surface area contributed by atoms with Crippen molar-refractivity contribution in [3.8, 4) is 0 Å². The topological polar surface area (TPSA) is 43.8 Å². The molecule has 1 saturated heterocycles. The lowest BCUT2D eigenvalue weighted by Gasteiger charge is -2.47. The van der Waals surface area contributed by atoms with Gasteiger partial charge in [-0.2, -0.15) is 11.3 Å². The van der Waals surface area contributed by atoms with Gasteiger partial charge in [-0.25, -0.2) is 4.39 Å². The van der Waals surface area contributed by atoms with Gasteiger partial charge in [-0.15, -0.1) is 0 Å². The third-order valence-corrected chi connectivity index (χ3v) is 5.70. The Morgan fingerprint density at radius 1 is 1.36 bits per heavy atom. The molecule has 1 aromatic heterocycles. The van der Waals surface area contributed by atoms with E-state index in [1.54, 1.807) is 11.0 Å². The molecule has 1 aromatic carbocycles. The van der Waals surface area contributed by atoms with Crippen molar-refractivity contribution < 1.29 is 14.3 Å². The minimum atomic E-state index is -0.836. The van der Waals surface area contributed by atoms with Crippen LogP contribution in [0.25, 0.3) is 0 Å². The van der Waals surface area contributed by atoms with Crippen molar-refractivity contribution in [2.24, 2.45) is 0 Å². The van der Waals surface area contributed by atoms with Gasteiger partial charge in [-0.3, -0.25) is 4.79 Å². The third-order valence-electron chi connectivity index (χ3n) is 4.24. The number of carbonyl (C=O) groups excluding carboxylic acids is 1. The Hall–Kier alpha value is -1.03. The molecule has 1 aliphatic rings. The fraction of sp³-hybridized carbons (Fsp3) is 0.389. The summed E-state index contributed by atoms with van der Waals surface area (Å²) in [6, 6.07) is 5.13. The van der Waals surface area contributed by atoms with E-state index in [2.05, 4.69) is 22.6 Å². The third kappa shape index (κ3) is 4.21. The Bertz CT molecular complexity index is 787. The molecule has 0 spiro atoms. The van der Waals surface area contributed by atoms with Crippen molar-refractivity contribution in [2.75, 3.05) is 33.7 Å². The van der Waals surface area contributed by atoms with Gasteiger partial charge < -0.3 is 14.9 Å². The highest BCUT2D eigenvalue weighted by atomic mass is 127. The van der Waals surface area contributed by atoms with Crippen LogP contribution < -0.4 is 0 Å². The fourth-order valence-electron chi connectivity index (χ4n) is 3.19. The molecule has 1 amide bonds. The van der Waals surface area contributed by atoms with Gasteiger partial charge in [0.2, 0.25) is 0 Å². The molecule has 0 bridgehead atoms. The van der Waals surface area contributed by atoms with Crippen molar-refractivity contribution in [1.82, 2.24) is 9.80 Å². The van der Waals surface area contributed by atoms with Gasteiger partial charge in [0.15, 0.2) is 0 Å². The maximum absolute atomic E-state index is 14.1. The summed E-state index contributed by atoms with van der Waals surface area (Å²) in [6.45, 7) is 1.19. The largest absolute Gasteiger partial charge is 0.385 e. The lowest BCUT2D eigenvalue weighted by atomic mass is 9.92. The Balaban J connectivity index is 1.71. The molecule has 2 aromatic rings. The molecule has 1 aliphatic heterocycles. The number of aliphatic hydroxyl groups is 1. The van der Waals surface area contributed by atoms with Crippen molar-refractivity contribution in [3.05, 3.63) is 55.0 Å². The predicted octanol–water partition coefficient (Wildman–Crippen LogP) is 2.83. The second-order valence-corrected chi connectivity index (χ2v) is 8.84. The van der Waals surface area contributed by atoms with Crippen LogP contribution in [0.4, 0.5) is 4.39 Å². The molecule has 134 valence electrons. The Morgan fingerprint density at radius 2 is 2.08 bits per heavy atom. The number of hydrogen-bond donors (Lipinski definition) is 1. The first-order chi connectivity index (χ1) is 11.8. The number of likely N-dealkylation sites (tertiary alicyclic amines) is 1. The van der Waals surface area contributed by atoms with E-state index in [1.807, 2.05) is 35.8 Å². The number of amides is 1. The molecule has 4 nitrogen and oxygen atoms in total. The molecular weight excluding hydrogens is 454 g/mol. The number of β-amino-alcohol motifs (C(OH)–C–C–N with tert-alkyl or cyclic N) is 1. The first kappa shape index (κ1) is 18.8. The molecule has 3 rings (SSSR count). The van der Waals surface area contributed by atoms with E-state index < -0.39 is 5.60 Å². The van der Waals surface area contributed by atoms with Gasteiger partial charge in [-0.05, 0) is 65.3 Å². The molecule has 0 unspecified atom stereocenters. The van der Waals surface area contributed by atoms with Crippen molar-refractivity contribution in [2.45, 2.75) is 12.0 Å². The summed E-state index contributed by atoms with van der Waals surface area (Å²) >= 11 is 3.52. The fourth-order valence-corrected chi connectivity index (χ4v) is 4.47. The van der Waals surface area contributed by atoms with Gasteiger partial charge in [-0.1, -0.05) is 6.07 Å². The maximum Gasteiger partial charge on any atom is 0.255 e. The van der Waals surface area contributed by atoms with E-state index in [9.17, 15) is 14.3 Å². The van der Waals surface area contributed by atoms with Gasteiger partial charge in [0.05, 0.1) is 18.7 Å². The molecule has 1 N–H and O–H groups in total. The first-order valence-electron chi connectivity index (χ1n) is 7.93. The molecule has 1 fully saturated rings. The van der Waals surface area contributed by atoms with Crippen LogP contribution in [0.3, 0.4) is 0 Å². The maximum atomic E-state index is 14.1. The summed E-state index contributed by atoms with van der Waals surface area (Å²) in [5.41, 5.74) is 1.19. The van der Waals surface area contributed by atoms with Crippen LogP contribution in [0, 0.1) is 9.39 Å². The Kier molecular flexibility index (Phi) is 5.48. The van der Waals surface area contributed by atoms with E-state index in [0.29, 0.717) is 37.2 Å². The summed E-state index contributed by atoms with van der Waals surface area (Å²) in [7, 11) is 3.80. The monoisotopic (exact) mass is 474 g/mol. The predicted molar refractivity (Wildman–Crippen MR) is 106 cm³/mol. The number of nitrogens with zero attached hydrogens (tertiary/aromatic N) is 2. The normalized spacial score (nSPS) is 16.2. The molecule has 2 heterocycles. The Morgan fingerprint density at radius 3 is 2.72 bits per heavy atom. The zero-order chi connectivity index (χ0) is 18.2. The summed E-state index contributed by atoms with van der Waals surface area (Å²) in [5.74, 6) is -0.341. The molecule has 7 heteroatoms. The summed E-state index contributed by atoms with van der Waals surface area (Å²) in [5, 5.41) is 14.1. The highest BCUT2D eigenvalue weighted by Gasteiger charge is 2.44. The number of halogens is 2. The SMILES string of the molecule is CN(C)CC1(O)CN(C(=O)c2cscc2Cc2ccc(I)cc2F)C1. The van der Waals surface area contributed by atoms with E-state index in [-0.39, 0.29) is 11.7 Å². The second-order valence-electron chi connectivity index (χ2n) is 6.85. The van der Waals surface area contributed by atoms with Crippen molar-refractivity contribution in [1.29, 1.82) is 0 Å². The standard InChI is InChI=1S/C18H20FIN2O2S/c1-21(2)9-18(24)10-22(11-18)17(23)15-8-25-7-13(15)5-12-3-4-14(20)6-16(12)19/h3-4,6-8,24H,5,9-11H2,1-2H3. The molecule has 0 saturated carbocycles. The zero-order valence-corrected chi connectivity index (χ0v) is 17.1. The van der Waals surface area contributed by atoms with Gasteiger partial charge in [0.25, 0.3) is 5.91 Å². The number of thiophene rings is 1. The van der Waals surface area contributed by atoms with Crippen LogP contribution in [0.5, 0.6) is 0 Å². The van der Waals surface area contributed by atoms with Gasteiger partial charge in [0, 0.05) is 21.9 Å². The molecule has 25 heavy (non-hydrogen) atoms. The number of rotatable bonds is 5. The van der Waals surface area contributed by atoms with E-state index in [4.69, 9.17) is 0 Å². The van der Waals surface area contributed by atoms with Crippen LogP contribution in [-0.4, -0.2) is 60.1 Å². The van der Waals surface area contributed by atoms with E-state index in [0.717, 1.165) is 9.13 Å². The lowest BCUT2D eigenvalue weighted by molar-refractivity contribution is -0.0920. The quantitative estimate of drug-likeness (QED) is 0.679. The highest BCUT2D eigenvalue weighted by molar-refractivity contribution is 14.1. The zero-order valence-electron chi connectivity index (χ0n) is 14.1. The number of hydrogen-bond acceptors (Lipinski definition) is 4. The molecule has 0 radical (unpaired) electrons. The van der Waals surface area contributed by atoms with Crippen LogP contribution in [0.1, 0.15) is 21.5 Å². The first-order valence-corrected chi connectivity index (χ1v) is 9.95. The number of carbonyl (C=O) groups is 1. The summed E-state index contributed by atoms with van der Waals surface area (Å²) in [6.07, 6.45) is 0.392. The van der Waals surface area contributed by atoms with Crippen LogP contribution >= 0.6 is 33.9 Å². The van der Waals surface area contributed by atoms with Crippen molar-refractivity contribution >= 4 is 39.8 Å². The van der Waals surface area contributed by atoms with E-state index in [1.165, 1.54) is 17.4 Å². The minimum Gasteiger partial charge on any atom is -0.385 e. The number of benzene rings is 1. The minimum absolute atomic E-state index is 0.0920. The molecular formula is C18H20FIN2O2S. The Labute approximate surface area is 164 Å². The number of likely N-dealkylation sites (N-methyl/N-ethyl adjacent to an activating group) is 1. The highest BCUT2D eigenvalue weighted by Crippen LogP contribution is 2.28. The van der Waals surface area contributed by atoms with Crippen LogP contribution in [0.15, 0.2) is 29.0 Å². The average molecular weight is 474 g/mol. The van der Waals surface area contributed by atoms with Gasteiger partial charge in [0.1, 0.15) is 11.4 Å². The van der Waals surface area contributed by atoms with Crippen molar-refractivity contribution in [3.63, 3.8) is 0 Å². The van der Waals surface area contributed by atoms with Crippen LogP contribution in [0.2, 0.25) is 0 Å². The lowest BCUT2D eigenvalue weighted by Crippen LogP contribution is -2.67. The van der Waals surface area contributed by atoms with E-state index >= 15 is 0 Å². The smallest absolute Gasteiger partial charge is 0.255 e. The molecule has 0 aliphatic carbocycles. The summed E-state index contributed by atoms with van der Waals surface area (Å²) in [4.78, 5) is 16.3. The van der Waals surface area contributed by atoms with Crippen LogP contribution in [-0.2, 0) is 6.42 Å². The summed E-state index contributed by atoms with van der Waals surface area (Å²) < 4.78 is 14.9. The average Bonchev–Trinajstić information content (AvgIpc) is 2.94. The van der Waals surface area contributed by atoms with Gasteiger partial charge >= 0.3 is 0 Å². The molecule has 0 atom stereocenters.